The second kappa shape index (κ2) is 6.23. The van der Waals surface area contributed by atoms with Gasteiger partial charge in [-0.1, -0.05) is 18.2 Å². The van der Waals surface area contributed by atoms with Crippen molar-refractivity contribution in [1.29, 1.82) is 0 Å². The van der Waals surface area contributed by atoms with Gasteiger partial charge in [0.15, 0.2) is 0 Å². The molecule has 3 aromatic rings. The van der Waals surface area contributed by atoms with E-state index in [1.54, 1.807) is 12.4 Å². The number of nitrogen functional groups attached to an aromatic ring is 1. The van der Waals surface area contributed by atoms with Crippen LogP contribution in [-0.4, -0.2) is 34.6 Å². The lowest BCUT2D eigenvalue weighted by atomic mass is 10.2. The van der Waals surface area contributed by atoms with Gasteiger partial charge in [-0.25, -0.2) is 4.98 Å². The first-order valence-corrected chi connectivity index (χ1v) is 8.49. The first-order chi connectivity index (χ1) is 11.3. The molecule has 4 rings (SSSR count). The van der Waals surface area contributed by atoms with E-state index in [2.05, 4.69) is 45.2 Å². The van der Waals surface area contributed by atoms with Crippen LogP contribution in [0.5, 0.6) is 0 Å². The molecule has 1 aromatic carbocycles. The lowest BCUT2D eigenvalue weighted by Crippen LogP contribution is -2.38. The van der Waals surface area contributed by atoms with Gasteiger partial charge in [0.2, 0.25) is 0 Å². The molecular weight excluding hydrogens is 308 g/mol. The summed E-state index contributed by atoms with van der Waals surface area (Å²) in [5.74, 6) is 0.459. The van der Waals surface area contributed by atoms with Crippen molar-refractivity contribution < 1.29 is 4.74 Å². The van der Waals surface area contributed by atoms with Gasteiger partial charge >= 0.3 is 0 Å². The molecule has 3 heterocycles. The Morgan fingerprint density at radius 3 is 3.00 bits per heavy atom. The summed E-state index contributed by atoms with van der Waals surface area (Å²) in [6.45, 7) is 3.33. The molecule has 0 spiro atoms. The number of thiophene rings is 1. The Morgan fingerprint density at radius 1 is 1.26 bits per heavy atom. The van der Waals surface area contributed by atoms with Crippen LogP contribution in [0, 0.1) is 0 Å². The number of fused-ring (bicyclic) bond motifs is 1. The molecular formula is C17H18N4OS. The number of benzene rings is 1. The number of nitrogens with zero attached hydrogens (tertiary/aromatic N) is 3. The Labute approximate surface area is 138 Å². The van der Waals surface area contributed by atoms with Gasteiger partial charge in [0.1, 0.15) is 17.6 Å². The standard InChI is InChI=1S/C17H18N4OS/c18-17-16(19-5-6-20-17)14-11-21(7-8-22-14)10-13-9-12-3-1-2-4-15(12)23-13/h1-6,9,14H,7-8,10-11H2,(H2,18,20)/t14-/m0/s1. The summed E-state index contributed by atoms with van der Waals surface area (Å²) in [6, 6.07) is 10.8. The molecule has 0 amide bonds. The van der Waals surface area contributed by atoms with E-state index in [4.69, 9.17) is 10.5 Å². The monoisotopic (exact) mass is 326 g/mol. The van der Waals surface area contributed by atoms with E-state index in [9.17, 15) is 0 Å². The molecule has 0 radical (unpaired) electrons. The number of hydrogen-bond acceptors (Lipinski definition) is 6. The molecule has 2 N–H and O–H groups in total. The molecule has 0 aliphatic carbocycles. The van der Waals surface area contributed by atoms with E-state index in [1.165, 1.54) is 15.0 Å². The fourth-order valence-corrected chi connectivity index (χ4v) is 4.06. The van der Waals surface area contributed by atoms with Gasteiger partial charge < -0.3 is 10.5 Å². The Hall–Kier alpha value is -2.02. The summed E-state index contributed by atoms with van der Waals surface area (Å²) in [5, 5.41) is 1.32. The highest BCUT2D eigenvalue weighted by atomic mass is 32.1. The van der Waals surface area contributed by atoms with Crippen LogP contribution < -0.4 is 5.73 Å². The van der Waals surface area contributed by atoms with Crippen LogP contribution >= 0.6 is 11.3 Å². The number of ether oxygens (including phenoxy) is 1. The van der Waals surface area contributed by atoms with Gasteiger partial charge in [0.05, 0.1) is 6.61 Å². The van der Waals surface area contributed by atoms with E-state index in [-0.39, 0.29) is 6.10 Å². The van der Waals surface area contributed by atoms with E-state index in [0.29, 0.717) is 12.4 Å². The molecule has 1 fully saturated rings. The van der Waals surface area contributed by atoms with Gasteiger partial charge in [-0.15, -0.1) is 11.3 Å². The minimum absolute atomic E-state index is 0.105. The molecule has 0 unspecified atom stereocenters. The average Bonchev–Trinajstić information content (AvgIpc) is 2.97. The van der Waals surface area contributed by atoms with Crippen molar-refractivity contribution in [2.75, 3.05) is 25.4 Å². The van der Waals surface area contributed by atoms with E-state index >= 15 is 0 Å². The Morgan fingerprint density at radius 2 is 2.13 bits per heavy atom. The van der Waals surface area contributed by atoms with E-state index in [1.807, 2.05) is 11.3 Å². The highest BCUT2D eigenvalue weighted by Crippen LogP contribution is 2.29. The molecule has 0 saturated carbocycles. The zero-order valence-electron chi connectivity index (χ0n) is 12.7. The van der Waals surface area contributed by atoms with Gasteiger partial charge in [-0.3, -0.25) is 9.88 Å². The fourth-order valence-electron chi connectivity index (χ4n) is 2.95. The third kappa shape index (κ3) is 3.06. The fraction of sp³-hybridized carbons (Fsp3) is 0.294. The topological polar surface area (TPSA) is 64.3 Å². The van der Waals surface area contributed by atoms with Crippen LogP contribution in [-0.2, 0) is 11.3 Å². The van der Waals surface area contributed by atoms with Gasteiger partial charge in [0.25, 0.3) is 0 Å². The Bertz CT molecular complexity index is 786. The smallest absolute Gasteiger partial charge is 0.147 e. The van der Waals surface area contributed by atoms with Crippen LogP contribution in [0.2, 0.25) is 0 Å². The van der Waals surface area contributed by atoms with Crippen molar-refractivity contribution in [3.8, 4) is 0 Å². The molecule has 1 aliphatic heterocycles. The van der Waals surface area contributed by atoms with Gasteiger partial charge in [-0.05, 0) is 17.5 Å². The molecule has 118 valence electrons. The number of hydrogen-bond donors (Lipinski definition) is 1. The highest BCUT2D eigenvalue weighted by molar-refractivity contribution is 7.19. The van der Waals surface area contributed by atoms with Crippen LogP contribution in [0.25, 0.3) is 10.1 Å². The maximum absolute atomic E-state index is 5.93. The van der Waals surface area contributed by atoms with Crippen LogP contribution in [0.3, 0.4) is 0 Å². The van der Waals surface area contributed by atoms with Crippen LogP contribution in [0.4, 0.5) is 5.82 Å². The van der Waals surface area contributed by atoms with Gasteiger partial charge in [-0.2, -0.15) is 0 Å². The van der Waals surface area contributed by atoms with Crippen molar-refractivity contribution >= 4 is 27.2 Å². The number of morpholine rings is 1. The zero-order chi connectivity index (χ0) is 15.6. The second-order valence-electron chi connectivity index (χ2n) is 5.67. The minimum Gasteiger partial charge on any atom is -0.382 e. The maximum Gasteiger partial charge on any atom is 0.147 e. The summed E-state index contributed by atoms with van der Waals surface area (Å²) in [5.41, 5.74) is 6.67. The normalized spacial score (nSPS) is 19.2. The predicted octanol–water partition coefficient (Wildman–Crippen LogP) is 2.85. The lowest BCUT2D eigenvalue weighted by Gasteiger charge is -2.32. The second-order valence-corrected chi connectivity index (χ2v) is 6.84. The third-order valence-corrected chi connectivity index (χ3v) is 5.17. The minimum atomic E-state index is -0.105. The molecule has 1 atom stereocenters. The molecule has 1 aliphatic rings. The van der Waals surface area contributed by atoms with Gasteiger partial charge in [0, 0.05) is 41.6 Å². The van der Waals surface area contributed by atoms with Crippen molar-refractivity contribution in [1.82, 2.24) is 14.9 Å². The quantitative estimate of drug-likeness (QED) is 0.802. The molecule has 5 nitrogen and oxygen atoms in total. The van der Waals surface area contributed by atoms with Crippen LogP contribution in [0.15, 0.2) is 42.7 Å². The maximum atomic E-state index is 5.93. The first-order valence-electron chi connectivity index (χ1n) is 7.67. The number of anilines is 1. The number of nitrogens with two attached hydrogens (primary N) is 1. The number of rotatable bonds is 3. The molecule has 1 saturated heterocycles. The average molecular weight is 326 g/mol. The summed E-state index contributed by atoms with van der Waals surface area (Å²) >= 11 is 1.86. The molecule has 2 aromatic heterocycles. The molecule has 23 heavy (non-hydrogen) atoms. The Kier molecular flexibility index (Phi) is 3.95. The van der Waals surface area contributed by atoms with Crippen molar-refractivity contribution in [2.24, 2.45) is 0 Å². The zero-order valence-corrected chi connectivity index (χ0v) is 13.5. The van der Waals surface area contributed by atoms with Crippen molar-refractivity contribution in [3.05, 3.63) is 53.3 Å². The first kappa shape index (κ1) is 14.6. The van der Waals surface area contributed by atoms with Crippen LogP contribution in [0.1, 0.15) is 16.7 Å². The Balaban J connectivity index is 1.50. The lowest BCUT2D eigenvalue weighted by molar-refractivity contribution is -0.0344. The van der Waals surface area contributed by atoms with Crippen molar-refractivity contribution in [3.63, 3.8) is 0 Å². The predicted molar refractivity (Wildman–Crippen MR) is 92.2 cm³/mol. The number of aromatic nitrogens is 2. The summed E-state index contributed by atoms with van der Waals surface area (Å²) in [4.78, 5) is 12.2. The van der Waals surface area contributed by atoms with Crippen molar-refractivity contribution in [2.45, 2.75) is 12.6 Å². The summed E-state index contributed by atoms with van der Waals surface area (Å²) < 4.78 is 7.19. The van der Waals surface area contributed by atoms with E-state index in [0.717, 1.165) is 25.3 Å². The highest BCUT2D eigenvalue weighted by Gasteiger charge is 2.25. The SMILES string of the molecule is Nc1nccnc1[C@@H]1CN(Cc2cc3ccccc3s2)CCO1. The third-order valence-electron chi connectivity index (χ3n) is 4.07. The van der Waals surface area contributed by atoms with E-state index < -0.39 is 0 Å². The largest absolute Gasteiger partial charge is 0.382 e. The summed E-state index contributed by atoms with van der Waals surface area (Å²) in [7, 11) is 0. The summed E-state index contributed by atoms with van der Waals surface area (Å²) in [6.07, 6.45) is 3.17. The molecule has 0 bridgehead atoms. The molecule has 6 heteroatoms.